The van der Waals surface area contributed by atoms with E-state index < -0.39 is 11.7 Å². The normalized spacial score (nSPS) is 25.1. The van der Waals surface area contributed by atoms with E-state index in [1.54, 1.807) is 18.2 Å². The highest BCUT2D eigenvalue weighted by molar-refractivity contribution is 6.30. The minimum atomic E-state index is -4.36. The molecule has 0 bridgehead atoms. The molecule has 1 N–H and O–H groups in total. The monoisotopic (exact) mass is 349 g/mol. The molecule has 0 fully saturated rings. The molecular weight excluding hydrogens is 335 g/mol. The highest BCUT2D eigenvalue weighted by atomic mass is 35.5. The maximum absolute atomic E-state index is 13.4. The van der Waals surface area contributed by atoms with Gasteiger partial charge in [0.15, 0.2) is 0 Å². The largest absolute Gasteiger partial charge is 0.416 e. The predicted molar refractivity (Wildman–Crippen MR) is 89.2 cm³/mol. The summed E-state index contributed by atoms with van der Waals surface area (Å²) < 4.78 is 40.3. The zero-order valence-electron chi connectivity index (χ0n) is 12.6. The van der Waals surface area contributed by atoms with Crippen molar-refractivity contribution in [1.29, 1.82) is 0 Å². The van der Waals surface area contributed by atoms with Crippen LogP contribution in [0.15, 0.2) is 54.6 Å². The number of alkyl halides is 3. The lowest BCUT2D eigenvalue weighted by atomic mass is 9.76. The lowest BCUT2D eigenvalue weighted by Gasteiger charge is -2.38. The maximum atomic E-state index is 13.4. The zero-order valence-corrected chi connectivity index (χ0v) is 13.4. The van der Waals surface area contributed by atoms with E-state index in [9.17, 15) is 13.2 Å². The van der Waals surface area contributed by atoms with E-state index in [0.29, 0.717) is 10.6 Å². The molecule has 1 heterocycles. The van der Waals surface area contributed by atoms with E-state index in [1.165, 1.54) is 6.07 Å². The van der Waals surface area contributed by atoms with E-state index in [-0.39, 0.29) is 17.9 Å². The lowest BCUT2D eigenvalue weighted by Crippen LogP contribution is -2.30. The third kappa shape index (κ3) is 2.49. The number of allylic oxidation sites excluding steroid dienone is 2. The Balaban J connectivity index is 1.83. The van der Waals surface area contributed by atoms with Gasteiger partial charge in [-0.3, -0.25) is 0 Å². The summed E-state index contributed by atoms with van der Waals surface area (Å²) in [5.74, 6) is 0.144. The Morgan fingerprint density at radius 3 is 2.62 bits per heavy atom. The van der Waals surface area contributed by atoms with Crippen LogP contribution in [0.5, 0.6) is 0 Å². The first kappa shape index (κ1) is 15.6. The number of hydrogen-bond acceptors (Lipinski definition) is 1. The Hall–Kier alpha value is -1.94. The summed E-state index contributed by atoms with van der Waals surface area (Å²) >= 11 is 6.10. The standard InChI is InChI=1S/C19H15ClF3N/c20-11-8-9-17-15(10-11)12-5-3-6-13(12)18(24-17)14-4-1-2-7-16(14)19(21,22)23/h1-5,7-10,12-13,18,24H,6H2/t12-,13+,18-/m1/s1. The van der Waals surface area contributed by atoms with Crippen molar-refractivity contribution < 1.29 is 13.2 Å². The molecule has 2 aliphatic rings. The zero-order chi connectivity index (χ0) is 16.9. The molecule has 0 spiro atoms. The van der Waals surface area contributed by atoms with Gasteiger partial charge in [0.05, 0.1) is 11.6 Å². The van der Waals surface area contributed by atoms with Crippen LogP contribution in [0.2, 0.25) is 5.02 Å². The number of anilines is 1. The highest BCUT2D eigenvalue weighted by Crippen LogP contribution is 2.51. The summed E-state index contributed by atoms with van der Waals surface area (Å²) in [4.78, 5) is 0. The Bertz CT molecular complexity index is 812. The summed E-state index contributed by atoms with van der Waals surface area (Å²) in [5, 5.41) is 3.97. The molecule has 1 aliphatic heterocycles. The number of benzene rings is 2. The van der Waals surface area contributed by atoms with Gasteiger partial charge in [0.2, 0.25) is 0 Å². The van der Waals surface area contributed by atoms with Crippen molar-refractivity contribution in [2.24, 2.45) is 5.92 Å². The smallest absolute Gasteiger partial charge is 0.378 e. The molecule has 0 saturated heterocycles. The van der Waals surface area contributed by atoms with Crippen LogP contribution in [-0.2, 0) is 6.18 Å². The molecule has 2 aromatic rings. The predicted octanol–water partition coefficient (Wildman–Crippen LogP) is 6.19. The van der Waals surface area contributed by atoms with Crippen molar-refractivity contribution in [3.05, 3.63) is 76.3 Å². The van der Waals surface area contributed by atoms with Gasteiger partial charge in [-0.15, -0.1) is 0 Å². The van der Waals surface area contributed by atoms with Gasteiger partial charge >= 0.3 is 6.18 Å². The van der Waals surface area contributed by atoms with Gasteiger partial charge in [-0.25, -0.2) is 0 Å². The fraction of sp³-hybridized carbons (Fsp3) is 0.263. The molecule has 24 heavy (non-hydrogen) atoms. The fourth-order valence-electron chi connectivity index (χ4n) is 3.90. The molecule has 0 aromatic heterocycles. The van der Waals surface area contributed by atoms with E-state index in [2.05, 4.69) is 17.5 Å². The second-order valence-electron chi connectivity index (χ2n) is 6.29. The molecule has 1 aliphatic carbocycles. The van der Waals surface area contributed by atoms with E-state index in [4.69, 9.17) is 11.6 Å². The van der Waals surface area contributed by atoms with Crippen molar-refractivity contribution in [2.45, 2.75) is 24.6 Å². The van der Waals surface area contributed by atoms with Crippen LogP contribution in [-0.4, -0.2) is 0 Å². The average molecular weight is 350 g/mol. The average Bonchev–Trinajstić information content (AvgIpc) is 3.03. The number of nitrogens with one attached hydrogen (secondary N) is 1. The van der Waals surface area contributed by atoms with Crippen molar-refractivity contribution in [1.82, 2.24) is 0 Å². The van der Waals surface area contributed by atoms with Gasteiger partial charge in [-0.2, -0.15) is 13.2 Å². The van der Waals surface area contributed by atoms with Crippen molar-refractivity contribution in [3.8, 4) is 0 Å². The van der Waals surface area contributed by atoms with Gasteiger partial charge in [-0.1, -0.05) is 42.0 Å². The lowest BCUT2D eigenvalue weighted by molar-refractivity contribution is -0.138. The molecular formula is C19H15ClF3N. The second kappa shape index (κ2) is 5.55. The van der Waals surface area contributed by atoms with Crippen LogP contribution in [0, 0.1) is 5.92 Å². The summed E-state index contributed by atoms with van der Waals surface area (Å²) in [6.45, 7) is 0. The fourth-order valence-corrected chi connectivity index (χ4v) is 4.08. The molecule has 2 aromatic carbocycles. The van der Waals surface area contributed by atoms with Crippen LogP contribution in [0.1, 0.15) is 35.1 Å². The molecule has 0 radical (unpaired) electrons. The maximum Gasteiger partial charge on any atom is 0.416 e. The van der Waals surface area contributed by atoms with Crippen LogP contribution < -0.4 is 5.32 Å². The third-order valence-electron chi connectivity index (χ3n) is 4.93. The Morgan fingerprint density at radius 1 is 1.04 bits per heavy atom. The Morgan fingerprint density at radius 2 is 1.83 bits per heavy atom. The van der Waals surface area contributed by atoms with E-state index in [1.807, 2.05) is 12.1 Å². The molecule has 4 rings (SSSR count). The quantitative estimate of drug-likeness (QED) is 0.606. The van der Waals surface area contributed by atoms with Crippen molar-refractivity contribution >= 4 is 17.3 Å². The Kier molecular flexibility index (Phi) is 3.61. The summed E-state index contributed by atoms with van der Waals surface area (Å²) in [6, 6.07) is 11.0. The molecule has 5 heteroatoms. The summed E-state index contributed by atoms with van der Waals surface area (Å²) in [7, 11) is 0. The van der Waals surface area contributed by atoms with Crippen LogP contribution in [0.25, 0.3) is 0 Å². The molecule has 1 nitrogen and oxygen atoms in total. The number of halogens is 4. The first-order valence-electron chi connectivity index (χ1n) is 7.84. The Labute approximate surface area is 143 Å². The van der Waals surface area contributed by atoms with E-state index >= 15 is 0 Å². The van der Waals surface area contributed by atoms with Gasteiger partial charge in [0.25, 0.3) is 0 Å². The molecule has 3 atom stereocenters. The summed E-state index contributed by atoms with van der Waals surface area (Å²) in [6.07, 6.45) is 0.528. The molecule has 0 saturated carbocycles. The second-order valence-corrected chi connectivity index (χ2v) is 6.73. The third-order valence-corrected chi connectivity index (χ3v) is 5.16. The SMILES string of the molecule is FC(F)(F)c1ccccc1[C@@H]1Nc2ccc(Cl)cc2[C@@H]2C=CC[C@@H]21. The number of rotatable bonds is 1. The number of fused-ring (bicyclic) bond motifs is 3. The first-order valence-corrected chi connectivity index (χ1v) is 8.22. The number of hydrogen-bond donors (Lipinski definition) is 1. The molecule has 0 amide bonds. The highest BCUT2D eigenvalue weighted by Gasteiger charge is 2.42. The van der Waals surface area contributed by atoms with Gasteiger partial charge in [0.1, 0.15) is 0 Å². The van der Waals surface area contributed by atoms with Crippen LogP contribution in [0.4, 0.5) is 18.9 Å². The minimum absolute atomic E-state index is 0.0551. The topological polar surface area (TPSA) is 12.0 Å². The van der Waals surface area contributed by atoms with Crippen LogP contribution in [0.3, 0.4) is 0 Å². The van der Waals surface area contributed by atoms with Gasteiger partial charge in [0, 0.05) is 16.6 Å². The first-order chi connectivity index (χ1) is 11.4. The van der Waals surface area contributed by atoms with Gasteiger partial charge < -0.3 is 5.32 Å². The molecule has 124 valence electrons. The molecule has 0 unspecified atom stereocenters. The van der Waals surface area contributed by atoms with Crippen LogP contribution >= 0.6 is 11.6 Å². The van der Waals surface area contributed by atoms with Gasteiger partial charge in [-0.05, 0) is 47.7 Å². The summed E-state index contributed by atoms with van der Waals surface area (Å²) in [5.41, 5.74) is 1.66. The minimum Gasteiger partial charge on any atom is -0.378 e. The van der Waals surface area contributed by atoms with E-state index in [0.717, 1.165) is 23.7 Å². The van der Waals surface area contributed by atoms with Crippen molar-refractivity contribution in [3.63, 3.8) is 0 Å². The van der Waals surface area contributed by atoms with Crippen molar-refractivity contribution in [2.75, 3.05) is 5.32 Å².